The lowest BCUT2D eigenvalue weighted by Gasteiger charge is -2.08. The first-order valence-electron chi connectivity index (χ1n) is 5.26. The molecule has 0 aliphatic heterocycles. The summed E-state index contributed by atoms with van der Waals surface area (Å²) in [7, 11) is 0. The van der Waals surface area contributed by atoms with Crippen LogP contribution in [-0.2, 0) is 6.54 Å². The summed E-state index contributed by atoms with van der Waals surface area (Å²) in [5.41, 5.74) is 7.91. The van der Waals surface area contributed by atoms with Crippen LogP contribution in [0.1, 0.15) is 24.2 Å². The number of aliphatic hydroxyl groups excluding tert-OH is 1. The van der Waals surface area contributed by atoms with Crippen molar-refractivity contribution >= 4 is 5.69 Å². The number of hydrogen-bond acceptors (Lipinski definition) is 3. The van der Waals surface area contributed by atoms with Gasteiger partial charge in [-0.1, -0.05) is 12.1 Å². The Kier molecular flexibility index (Phi) is 2.92. The summed E-state index contributed by atoms with van der Waals surface area (Å²) in [5, 5.41) is 14.2. The lowest BCUT2D eigenvalue weighted by Crippen LogP contribution is -1.99. The highest BCUT2D eigenvalue weighted by Crippen LogP contribution is 2.21. The Bertz CT molecular complexity index is 461. The van der Waals surface area contributed by atoms with Gasteiger partial charge in [0.05, 0.1) is 6.20 Å². The van der Waals surface area contributed by atoms with E-state index in [0.29, 0.717) is 5.69 Å². The number of nitrogens with zero attached hydrogens (tertiary/aromatic N) is 2. The van der Waals surface area contributed by atoms with Gasteiger partial charge >= 0.3 is 0 Å². The molecule has 0 aliphatic rings. The predicted molar refractivity (Wildman–Crippen MR) is 62.8 cm³/mol. The molecule has 0 fully saturated rings. The van der Waals surface area contributed by atoms with Crippen LogP contribution in [0.25, 0.3) is 0 Å². The molecule has 0 amide bonds. The zero-order chi connectivity index (χ0) is 11.5. The Morgan fingerprint density at radius 1 is 1.31 bits per heavy atom. The largest absolute Gasteiger partial charge is 0.399 e. The van der Waals surface area contributed by atoms with E-state index in [2.05, 4.69) is 5.10 Å². The Balaban J connectivity index is 2.24. The molecule has 0 aliphatic carbocycles. The summed E-state index contributed by atoms with van der Waals surface area (Å²) in [6, 6.07) is 7.21. The second kappa shape index (κ2) is 4.37. The van der Waals surface area contributed by atoms with Crippen LogP contribution in [0.15, 0.2) is 36.7 Å². The molecule has 1 aromatic carbocycles. The van der Waals surface area contributed by atoms with Gasteiger partial charge in [0.2, 0.25) is 0 Å². The lowest BCUT2D eigenvalue weighted by molar-refractivity contribution is 0.220. The van der Waals surface area contributed by atoms with Crippen LogP contribution < -0.4 is 5.73 Å². The number of nitrogen functional groups attached to an aromatic ring is 1. The van der Waals surface area contributed by atoms with Gasteiger partial charge in [0, 0.05) is 24.0 Å². The van der Waals surface area contributed by atoms with Gasteiger partial charge in [0.1, 0.15) is 6.10 Å². The Morgan fingerprint density at radius 2 is 2.00 bits per heavy atom. The van der Waals surface area contributed by atoms with Crippen molar-refractivity contribution in [2.24, 2.45) is 0 Å². The van der Waals surface area contributed by atoms with Crippen molar-refractivity contribution in [3.8, 4) is 0 Å². The quantitative estimate of drug-likeness (QED) is 0.767. The number of aromatic nitrogens is 2. The summed E-state index contributed by atoms with van der Waals surface area (Å²) in [6.07, 6.45) is 2.90. The highest BCUT2D eigenvalue weighted by molar-refractivity contribution is 5.41. The molecule has 1 heterocycles. The highest BCUT2D eigenvalue weighted by Gasteiger charge is 2.11. The van der Waals surface area contributed by atoms with E-state index in [-0.39, 0.29) is 0 Å². The molecule has 3 N–H and O–H groups in total. The SMILES string of the molecule is CCn1cc(C(O)c2ccc(N)cc2)cn1. The second-order valence-electron chi connectivity index (χ2n) is 3.70. The molecule has 16 heavy (non-hydrogen) atoms. The maximum Gasteiger partial charge on any atom is 0.107 e. The summed E-state index contributed by atoms with van der Waals surface area (Å²) in [5.74, 6) is 0. The van der Waals surface area contributed by atoms with Gasteiger partial charge in [0.25, 0.3) is 0 Å². The molecular weight excluding hydrogens is 202 g/mol. The molecule has 1 aromatic heterocycles. The minimum atomic E-state index is -0.638. The molecule has 0 saturated carbocycles. The maximum atomic E-state index is 10.1. The van der Waals surface area contributed by atoms with Crippen LogP contribution in [0.5, 0.6) is 0 Å². The summed E-state index contributed by atoms with van der Waals surface area (Å²) < 4.78 is 1.79. The van der Waals surface area contributed by atoms with E-state index in [1.54, 1.807) is 23.0 Å². The van der Waals surface area contributed by atoms with E-state index in [9.17, 15) is 5.11 Å². The van der Waals surface area contributed by atoms with Gasteiger partial charge in [0.15, 0.2) is 0 Å². The molecule has 1 atom stereocenters. The average molecular weight is 217 g/mol. The third-order valence-electron chi connectivity index (χ3n) is 2.55. The van der Waals surface area contributed by atoms with Crippen LogP contribution in [0.3, 0.4) is 0 Å². The van der Waals surface area contributed by atoms with Crippen LogP contribution in [0, 0.1) is 0 Å². The summed E-state index contributed by atoms with van der Waals surface area (Å²) in [6.45, 7) is 2.81. The fourth-order valence-electron chi connectivity index (χ4n) is 1.56. The molecule has 1 unspecified atom stereocenters. The van der Waals surface area contributed by atoms with Crippen molar-refractivity contribution < 1.29 is 5.11 Å². The number of rotatable bonds is 3. The smallest absolute Gasteiger partial charge is 0.107 e. The Hall–Kier alpha value is -1.81. The third-order valence-corrected chi connectivity index (χ3v) is 2.55. The van der Waals surface area contributed by atoms with Crippen molar-refractivity contribution in [3.63, 3.8) is 0 Å². The van der Waals surface area contributed by atoms with Gasteiger partial charge in [-0.2, -0.15) is 5.10 Å². The summed E-state index contributed by atoms with van der Waals surface area (Å²) >= 11 is 0. The first-order chi connectivity index (χ1) is 7.70. The first kappa shape index (κ1) is 10.7. The molecule has 0 spiro atoms. The molecule has 84 valence electrons. The van der Waals surface area contributed by atoms with Crippen LogP contribution >= 0.6 is 0 Å². The van der Waals surface area contributed by atoms with Crippen molar-refractivity contribution in [3.05, 3.63) is 47.8 Å². The summed E-state index contributed by atoms with van der Waals surface area (Å²) in [4.78, 5) is 0. The zero-order valence-corrected chi connectivity index (χ0v) is 9.17. The number of anilines is 1. The van der Waals surface area contributed by atoms with Crippen molar-refractivity contribution in [2.45, 2.75) is 19.6 Å². The standard InChI is InChI=1S/C12H15N3O/c1-2-15-8-10(7-14-15)12(16)9-3-5-11(13)6-4-9/h3-8,12,16H,2,13H2,1H3. The van der Waals surface area contributed by atoms with E-state index < -0.39 is 6.10 Å². The van der Waals surface area contributed by atoms with Crippen LogP contribution in [0.4, 0.5) is 5.69 Å². The van der Waals surface area contributed by atoms with Gasteiger partial charge in [-0.3, -0.25) is 4.68 Å². The molecule has 4 nitrogen and oxygen atoms in total. The van der Waals surface area contributed by atoms with Gasteiger partial charge in [-0.25, -0.2) is 0 Å². The third kappa shape index (κ3) is 2.06. The predicted octanol–water partition coefficient (Wildman–Crippen LogP) is 1.57. The fourth-order valence-corrected chi connectivity index (χ4v) is 1.56. The Labute approximate surface area is 94.3 Å². The van der Waals surface area contributed by atoms with Crippen molar-refractivity contribution in [1.82, 2.24) is 9.78 Å². The topological polar surface area (TPSA) is 64.1 Å². The van der Waals surface area contributed by atoms with Crippen molar-refractivity contribution in [1.29, 1.82) is 0 Å². The zero-order valence-electron chi connectivity index (χ0n) is 9.17. The van der Waals surface area contributed by atoms with E-state index in [1.807, 2.05) is 25.3 Å². The van der Waals surface area contributed by atoms with Gasteiger partial charge in [-0.05, 0) is 24.6 Å². The van der Waals surface area contributed by atoms with E-state index in [4.69, 9.17) is 5.73 Å². The molecule has 0 radical (unpaired) electrons. The van der Waals surface area contributed by atoms with E-state index in [0.717, 1.165) is 17.7 Å². The lowest BCUT2D eigenvalue weighted by atomic mass is 10.0. The van der Waals surface area contributed by atoms with E-state index in [1.165, 1.54) is 0 Å². The number of hydrogen-bond donors (Lipinski definition) is 2. The monoisotopic (exact) mass is 217 g/mol. The first-order valence-corrected chi connectivity index (χ1v) is 5.26. The second-order valence-corrected chi connectivity index (χ2v) is 3.70. The molecular formula is C12H15N3O. The van der Waals surface area contributed by atoms with Gasteiger partial charge < -0.3 is 10.8 Å². The Morgan fingerprint density at radius 3 is 2.56 bits per heavy atom. The number of benzene rings is 1. The van der Waals surface area contributed by atoms with Crippen molar-refractivity contribution in [2.75, 3.05) is 5.73 Å². The number of aliphatic hydroxyl groups is 1. The fraction of sp³-hybridized carbons (Fsp3) is 0.250. The van der Waals surface area contributed by atoms with Crippen LogP contribution in [0.2, 0.25) is 0 Å². The van der Waals surface area contributed by atoms with Crippen LogP contribution in [-0.4, -0.2) is 14.9 Å². The number of aryl methyl sites for hydroxylation is 1. The van der Waals surface area contributed by atoms with Gasteiger partial charge in [-0.15, -0.1) is 0 Å². The number of nitrogens with two attached hydrogens (primary N) is 1. The molecule has 4 heteroatoms. The molecule has 2 rings (SSSR count). The molecule has 2 aromatic rings. The maximum absolute atomic E-state index is 10.1. The highest BCUT2D eigenvalue weighted by atomic mass is 16.3. The molecule has 0 saturated heterocycles. The van der Waals surface area contributed by atoms with E-state index >= 15 is 0 Å². The minimum Gasteiger partial charge on any atom is -0.399 e. The average Bonchev–Trinajstić information content (AvgIpc) is 2.77. The minimum absolute atomic E-state index is 0.638. The normalized spacial score (nSPS) is 12.6. The molecule has 0 bridgehead atoms.